The largest absolute Gasteiger partial charge is 0.489 e. The first-order chi connectivity index (χ1) is 8.58. The van der Waals surface area contributed by atoms with Gasteiger partial charge in [0.05, 0.1) is 0 Å². The standard InChI is InChI=1S/C15H16FNO/c1-10-6-7-13(8-14(10)16)18-9-12-4-3-5-15(17)11(12)2/h3-8H,9,17H2,1-2H3. The van der Waals surface area contributed by atoms with Crippen LogP contribution in [0.2, 0.25) is 0 Å². The molecule has 0 saturated carbocycles. The third-order valence-electron chi connectivity index (χ3n) is 3.03. The molecule has 0 unspecified atom stereocenters. The van der Waals surface area contributed by atoms with E-state index in [1.54, 1.807) is 19.1 Å². The van der Waals surface area contributed by atoms with E-state index in [1.807, 2.05) is 25.1 Å². The second-order valence-electron chi connectivity index (χ2n) is 4.33. The van der Waals surface area contributed by atoms with Crippen molar-refractivity contribution in [2.24, 2.45) is 0 Å². The highest BCUT2D eigenvalue weighted by atomic mass is 19.1. The van der Waals surface area contributed by atoms with Crippen molar-refractivity contribution >= 4 is 5.69 Å². The molecular weight excluding hydrogens is 229 g/mol. The summed E-state index contributed by atoms with van der Waals surface area (Å²) in [4.78, 5) is 0. The number of rotatable bonds is 3. The Hall–Kier alpha value is -2.03. The molecule has 0 spiro atoms. The summed E-state index contributed by atoms with van der Waals surface area (Å²) in [7, 11) is 0. The Morgan fingerprint density at radius 2 is 1.94 bits per heavy atom. The Kier molecular flexibility index (Phi) is 3.51. The highest BCUT2D eigenvalue weighted by molar-refractivity contribution is 5.49. The van der Waals surface area contributed by atoms with Gasteiger partial charge in [0.15, 0.2) is 0 Å². The molecule has 2 rings (SSSR count). The monoisotopic (exact) mass is 245 g/mol. The van der Waals surface area contributed by atoms with Crippen LogP contribution in [0.15, 0.2) is 36.4 Å². The van der Waals surface area contributed by atoms with Gasteiger partial charge in [0.25, 0.3) is 0 Å². The SMILES string of the molecule is Cc1ccc(OCc2cccc(N)c2C)cc1F. The van der Waals surface area contributed by atoms with Gasteiger partial charge >= 0.3 is 0 Å². The summed E-state index contributed by atoms with van der Waals surface area (Å²) in [6.45, 7) is 4.06. The van der Waals surface area contributed by atoms with E-state index in [4.69, 9.17) is 10.5 Å². The molecule has 0 saturated heterocycles. The van der Waals surface area contributed by atoms with Crippen LogP contribution in [-0.2, 0) is 6.61 Å². The van der Waals surface area contributed by atoms with Crippen molar-refractivity contribution in [3.05, 3.63) is 58.9 Å². The van der Waals surface area contributed by atoms with E-state index < -0.39 is 0 Å². The molecule has 94 valence electrons. The molecule has 0 heterocycles. The molecule has 0 amide bonds. The van der Waals surface area contributed by atoms with Gasteiger partial charge in [-0.3, -0.25) is 0 Å². The Balaban J connectivity index is 2.11. The lowest BCUT2D eigenvalue weighted by Gasteiger charge is -2.10. The second-order valence-corrected chi connectivity index (χ2v) is 4.33. The van der Waals surface area contributed by atoms with E-state index in [9.17, 15) is 4.39 Å². The number of hydrogen-bond donors (Lipinski definition) is 1. The number of nitrogen functional groups attached to an aromatic ring is 1. The summed E-state index contributed by atoms with van der Waals surface area (Å²) in [5.41, 5.74) is 9.19. The van der Waals surface area contributed by atoms with Crippen LogP contribution in [0.3, 0.4) is 0 Å². The van der Waals surface area contributed by atoms with Gasteiger partial charge in [-0.1, -0.05) is 18.2 Å². The number of halogens is 1. The Bertz CT molecular complexity index is 566. The zero-order valence-corrected chi connectivity index (χ0v) is 10.5. The topological polar surface area (TPSA) is 35.2 Å². The number of nitrogens with two attached hydrogens (primary N) is 1. The second kappa shape index (κ2) is 5.08. The lowest BCUT2D eigenvalue weighted by Crippen LogP contribution is -2.01. The van der Waals surface area contributed by atoms with Gasteiger partial charge in [-0.25, -0.2) is 4.39 Å². The molecule has 0 radical (unpaired) electrons. The molecule has 2 nitrogen and oxygen atoms in total. The fourth-order valence-electron chi connectivity index (χ4n) is 1.68. The maximum absolute atomic E-state index is 13.3. The van der Waals surface area contributed by atoms with Gasteiger partial charge in [-0.05, 0) is 42.7 Å². The zero-order chi connectivity index (χ0) is 13.1. The summed E-state index contributed by atoms with van der Waals surface area (Å²) in [5, 5.41) is 0. The van der Waals surface area contributed by atoms with Gasteiger partial charge in [-0.2, -0.15) is 0 Å². The highest BCUT2D eigenvalue weighted by Crippen LogP contribution is 2.20. The average Bonchev–Trinajstić information content (AvgIpc) is 2.35. The summed E-state index contributed by atoms with van der Waals surface area (Å²) < 4.78 is 18.9. The van der Waals surface area contributed by atoms with E-state index in [0.717, 1.165) is 16.8 Å². The third-order valence-corrected chi connectivity index (χ3v) is 3.03. The number of hydrogen-bond acceptors (Lipinski definition) is 2. The number of ether oxygens (including phenoxy) is 1. The molecule has 3 heteroatoms. The highest BCUT2D eigenvalue weighted by Gasteiger charge is 2.04. The molecular formula is C15H16FNO. The van der Waals surface area contributed by atoms with Crippen molar-refractivity contribution in [3.8, 4) is 5.75 Å². The summed E-state index contributed by atoms with van der Waals surface area (Å²) in [6, 6.07) is 10.6. The van der Waals surface area contributed by atoms with Gasteiger partial charge < -0.3 is 10.5 Å². The van der Waals surface area contributed by atoms with Crippen LogP contribution in [0.4, 0.5) is 10.1 Å². The number of aryl methyl sites for hydroxylation is 1. The number of anilines is 1. The molecule has 0 aliphatic heterocycles. The Morgan fingerprint density at radius 3 is 2.67 bits per heavy atom. The van der Waals surface area contributed by atoms with E-state index >= 15 is 0 Å². The Labute approximate surface area is 106 Å². The van der Waals surface area contributed by atoms with E-state index in [-0.39, 0.29) is 5.82 Å². The fraction of sp³-hybridized carbons (Fsp3) is 0.200. The molecule has 0 bridgehead atoms. The minimum Gasteiger partial charge on any atom is -0.489 e. The zero-order valence-electron chi connectivity index (χ0n) is 10.5. The van der Waals surface area contributed by atoms with Gasteiger partial charge in [0.2, 0.25) is 0 Å². The molecule has 2 aromatic rings. The lowest BCUT2D eigenvalue weighted by atomic mass is 10.1. The molecule has 0 aliphatic carbocycles. The lowest BCUT2D eigenvalue weighted by molar-refractivity contribution is 0.304. The Morgan fingerprint density at radius 1 is 1.17 bits per heavy atom. The van der Waals surface area contributed by atoms with Crippen LogP contribution in [0.25, 0.3) is 0 Å². The van der Waals surface area contributed by atoms with Crippen molar-refractivity contribution in [1.82, 2.24) is 0 Å². The first-order valence-corrected chi connectivity index (χ1v) is 5.81. The van der Waals surface area contributed by atoms with Crippen LogP contribution in [-0.4, -0.2) is 0 Å². The average molecular weight is 245 g/mol. The van der Waals surface area contributed by atoms with E-state index in [2.05, 4.69) is 0 Å². The first-order valence-electron chi connectivity index (χ1n) is 5.81. The minimum absolute atomic E-state index is 0.253. The van der Waals surface area contributed by atoms with Crippen molar-refractivity contribution in [1.29, 1.82) is 0 Å². The van der Waals surface area contributed by atoms with Gasteiger partial charge in [-0.15, -0.1) is 0 Å². The fourth-order valence-corrected chi connectivity index (χ4v) is 1.68. The predicted molar refractivity (Wildman–Crippen MR) is 71.1 cm³/mol. The molecule has 0 fully saturated rings. The number of benzene rings is 2. The minimum atomic E-state index is -0.253. The van der Waals surface area contributed by atoms with Crippen LogP contribution in [0.5, 0.6) is 5.75 Å². The van der Waals surface area contributed by atoms with Gasteiger partial charge in [0.1, 0.15) is 18.2 Å². The molecule has 0 aliphatic rings. The molecule has 2 aromatic carbocycles. The quantitative estimate of drug-likeness (QED) is 0.838. The van der Waals surface area contributed by atoms with Crippen LogP contribution in [0, 0.1) is 19.7 Å². The maximum atomic E-state index is 13.3. The molecule has 2 N–H and O–H groups in total. The van der Waals surface area contributed by atoms with Crippen molar-refractivity contribution < 1.29 is 9.13 Å². The summed E-state index contributed by atoms with van der Waals surface area (Å²) in [5.74, 6) is 0.275. The summed E-state index contributed by atoms with van der Waals surface area (Å²) in [6.07, 6.45) is 0. The molecule has 0 atom stereocenters. The normalized spacial score (nSPS) is 10.4. The summed E-state index contributed by atoms with van der Waals surface area (Å²) >= 11 is 0. The maximum Gasteiger partial charge on any atom is 0.129 e. The third kappa shape index (κ3) is 2.62. The van der Waals surface area contributed by atoms with Crippen molar-refractivity contribution in [2.45, 2.75) is 20.5 Å². The van der Waals surface area contributed by atoms with E-state index in [1.165, 1.54) is 6.07 Å². The van der Waals surface area contributed by atoms with E-state index in [0.29, 0.717) is 17.9 Å². The van der Waals surface area contributed by atoms with Crippen molar-refractivity contribution in [3.63, 3.8) is 0 Å². The molecule has 0 aromatic heterocycles. The van der Waals surface area contributed by atoms with Crippen LogP contribution >= 0.6 is 0 Å². The van der Waals surface area contributed by atoms with Crippen LogP contribution in [0.1, 0.15) is 16.7 Å². The van der Waals surface area contributed by atoms with Gasteiger partial charge in [0, 0.05) is 11.8 Å². The first kappa shape index (κ1) is 12.4. The molecule has 18 heavy (non-hydrogen) atoms. The predicted octanol–water partition coefficient (Wildman–Crippen LogP) is 3.60. The van der Waals surface area contributed by atoms with Crippen molar-refractivity contribution in [2.75, 3.05) is 5.73 Å². The van der Waals surface area contributed by atoms with Crippen LogP contribution < -0.4 is 10.5 Å². The smallest absolute Gasteiger partial charge is 0.129 e.